The van der Waals surface area contributed by atoms with Crippen molar-refractivity contribution < 1.29 is 28.8 Å². The Kier molecular flexibility index (Phi) is 4.90. The molecule has 24 heavy (non-hydrogen) atoms. The lowest BCUT2D eigenvalue weighted by atomic mass is 9.99. The lowest BCUT2D eigenvalue weighted by Crippen LogP contribution is -2.35. The molecule has 136 valence electrons. The number of hydrogen-bond donors (Lipinski definition) is 1. The van der Waals surface area contributed by atoms with Crippen LogP contribution in [-0.2, 0) is 23.7 Å². The minimum absolute atomic E-state index is 0.251. The summed E-state index contributed by atoms with van der Waals surface area (Å²) in [6.45, 7) is 11.6. The molecule has 3 heterocycles. The van der Waals surface area contributed by atoms with Gasteiger partial charge in [0, 0.05) is 0 Å². The second-order valence-electron chi connectivity index (χ2n) is 7.45. The fourth-order valence-corrected chi connectivity index (χ4v) is 3.39. The summed E-state index contributed by atoms with van der Waals surface area (Å²) in [7, 11) is 0. The number of ether oxygens (including phenoxy) is 5. The van der Waals surface area contributed by atoms with E-state index < -0.39 is 24.0 Å². The summed E-state index contributed by atoms with van der Waals surface area (Å²) in [4.78, 5) is 0. The molecule has 0 unspecified atom stereocenters. The minimum Gasteiger partial charge on any atom is -0.389 e. The van der Waals surface area contributed by atoms with Gasteiger partial charge in [0.25, 0.3) is 0 Å². The molecule has 3 aliphatic rings. The molecule has 0 aliphatic carbocycles. The lowest BCUT2D eigenvalue weighted by Gasteiger charge is -2.25. The van der Waals surface area contributed by atoms with Gasteiger partial charge in [-0.15, -0.1) is 6.58 Å². The predicted octanol–water partition coefficient (Wildman–Crippen LogP) is 2.27. The third-order valence-electron chi connectivity index (χ3n) is 4.42. The number of allylic oxidation sites excluding steroid dienone is 1. The van der Waals surface area contributed by atoms with Crippen LogP contribution in [0.3, 0.4) is 0 Å². The van der Waals surface area contributed by atoms with Gasteiger partial charge in [-0.3, -0.25) is 0 Å². The Morgan fingerprint density at radius 1 is 1.17 bits per heavy atom. The second-order valence-corrected chi connectivity index (χ2v) is 7.45. The van der Waals surface area contributed by atoms with E-state index in [1.807, 2.05) is 33.8 Å². The van der Waals surface area contributed by atoms with Crippen LogP contribution in [0.2, 0.25) is 0 Å². The summed E-state index contributed by atoms with van der Waals surface area (Å²) in [5, 5.41) is 10.3. The summed E-state index contributed by atoms with van der Waals surface area (Å²) in [5.41, 5.74) is 0.869. The summed E-state index contributed by atoms with van der Waals surface area (Å²) >= 11 is 0. The molecule has 0 aromatic rings. The van der Waals surface area contributed by atoms with Crippen molar-refractivity contribution in [3.05, 3.63) is 24.3 Å². The zero-order valence-electron chi connectivity index (χ0n) is 14.9. The SMILES string of the molecule is C=CCC[C@@H](O)/C=C1\[C@H]2OC(C)(C)O[C@H]2O[C@@H]1[C@@H]1COC(C)(C)O1. The molecule has 5 atom stereocenters. The van der Waals surface area contributed by atoms with E-state index in [1.165, 1.54) is 0 Å². The molecule has 0 spiro atoms. The number of aliphatic hydroxyl groups excluding tert-OH is 1. The Labute approximate surface area is 143 Å². The Bertz CT molecular complexity index is 512. The van der Waals surface area contributed by atoms with Crippen molar-refractivity contribution in [1.82, 2.24) is 0 Å². The van der Waals surface area contributed by atoms with Crippen molar-refractivity contribution in [3.63, 3.8) is 0 Å². The zero-order valence-corrected chi connectivity index (χ0v) is 14.9. The van der Waals surface area contributed by atoms with Crippen molar-refractivity contribution >= 4 is 0 Å². The van der Waals surface area contributed by atoms with Crippen LogP contribution in [0.4, 0.5) is 0 Å². The summed E-state index contributed by atoms with van der Waals surface area (Å²) in [6.07, 6.45) is 2.93. The van der Waals surface area contributed by atoms with Gasteiger partial charge in [0.2, 0.25) is 0 Å². The maximum Gasteiger partial charge on any atom is 0.191 e. The molecule has 6 nitrogen and oxygen atoms in total. The van der Waals surface area contributed by atoms with Crippen molar-refractivity contribution in [1.29, 1.82) is 0 Å². The van der Waals surface area contributed by atoms with Crippen LogP contribution in [0.25, 0.3) is 0 Å². The molecule has 3 rings (SSSR count). The molecule has 3 saturated heterocycles. The molecule has 0 bridgehead atoms. The summed E-state index contributed by atoms with van der Waals surface area (Å²) in [5.74, 6) is -1.35. The zero-order chi connectivity index (χ0) is 17.5. The number of rotatable bonds is 5. The molecule has 1 N–H and O–H groups in total. The van der Waals surface area contributed by atoms with Crippen LogP contribution in [0.15, 0.2) is 24.3 Å². The first-order chi connectivity index (χ1) is 11.2. The fraction of sp³-hybridized carbons (Fsp3) is 0.778. The maximum absolute atomic E-state index is 10.3. The van der Waals surface area contributed by atoms with Crippen LogP contribution in [-0.4, -0.2) is 54.0 Å². The van der Waals surface area contributed by atoms with Crippen molar-refractivity contribution in [2.75, 3.05) is 6.61 Å². The highest BCUT2D eigenvalue weighted by Gasteiger charge is 2.55. The molecule has 0 aromatic carbocycles. The first kappa shape index (κ1) is 18.0. The van der Waals surface area contributed by atoms with E-state index in [1.54, 1.807) is 6.08 Å². The van der Waals surface area contributed by atoms with Gasteiger partial charge in [0.15, 0.2) is 17.9 Å². The summed E-state index contributed by atoms with van der Waals surface area (Å²) < 4.78 is 29.5. The molecule has 3 fully saturated rings. The van der Waals surface area contributed by atoms with E-state index >= 15 is 0 Å². The van der Waals surface area contributed by atoms with Crippen LogP contribution in [0.5, 0.6) is 0 Å². The highest BCUT2D eigenvalue weighted by atomic mass is 16.8. The van der Waals surface area contributed by atoms with Crippen molar-refractivity contribution in [2.24, 2.45) is 0 Å². The largest absolute Gasteiger partial charge is 0.389 e. The van der Waals surface area contributed by atoms with Gasteiger partial charge in [-0.25, -0.2) is 0 Å². The molecular weight excluding hydrogens is 312 g/mol. The van der Waals surface area contributed by atoms with E-state index in [0.717, 1.165) is 12.0 Å². The van der Waals surface area contributed by atoms with Crippen molar-refractivity contribution in [2.45, 2.75) is 82.8 Å². The van der Waals surface area contributed by atoms with E-state index in [-0.39, 0.29) is 18.3 Å². The molecule has 0 saturated carbocycles. The van der Waals surface area contributed by atoms with E-state index in [0.29, 0.717) is 13.0 Å². The van der Waals surface area contributed by atoms with Gasteiger partial charge < -0.3 is 28.8 Å². The minimum atomic E-state index is -0.711. The molecule has 0 radical (unpaired) electrons. The van der Waals surface area contributed by atoms with E-state index in [4.69, 9.17) is 23.7 Å². The van der Waals surface area contributed by atoms with E-state index in [2.05, 4.69) is 6.58 Å². The standard InChI is InChI=1S/C18H28O6/c1-6-7-8-11(19)9-12-14(13-10-20-17(2,3)22-13)21-16-15(12)23-18(4,5)24-16/h6,9,11,13-16,19H,1,7-8,10H2,2-5H3/b12-9-/t11-,13+,14+,15-,16-/m1/s1. The van der Waals surface area contributed by atoms with Gasteiger partial charge in [-0.05, 0) is 46.1 Å². The maximum atomic E-state index is 10.3. The van der Waals surface area contributed by atoms with Gasteiger partial charge in [-0.1, -0.05) is 12.2 Å². The van der Waals surface area contributed by atoms with Crippen LogP contribution in [0.1, 0.15) is 40.5 Å². The number of hydrogen-bond acceptors (Lipinski definition) is 6. The van der Waals surface area contributed by atoms with Crippen LogP contribution < -0.4 is 0 Å². The third-order valence-corrected chi connectivity index (χ3v) is 4.42. The van der Waals surface area contributed by atoms with Gasteiger partial charge in [0.05, 0.1) is 12.7 Å². The third kappa shape index (κ3) is 3.74. The average molecular weight is 340 g/mol. The first-order valence-corrected chi connectivity index (χ1v) is 8.54. The number of aliphatic hydroxyl groups is 1. The molecule has 3 aliphatic heterocycles. The quantitative estimate of drug-likeness (QED) is 0.775. The number of fused-ring (bicyclic) bond motifs is 1. The highest BCUT2D eigenvalue weighted by Crippen LogP contribution is 2.43. The predicted molar refractivity (Wildman–Crippen MR) is 87.1 cm³/mol. The molecular formula is C18H28O6. The average Bonchev–Trinajstić information content (AvgIpc) is 3.08. The summed E-state index contributed by atoms with van der Waals surface area (Å²) in [6, 6.07) is 0. The van der Waals surface area contributed by atoms with Gasteiger partial charge in [0.1, 0.15) is 18.3 Å². The Morgan fingerprint density at radius 3 is 2.54 bits per heavy atom. The van der Waals surface area contributed by atoms with Crippen molar-refractivity contribution in [3.8, 4) is 0 Å². The highest BCUT2D eigenvalue weighted by molar-refractivity contribution is 5.25. The monoisotopic (exact) mass is 340 g/mol. The van der Waals surface area contributed by atoms with Crippen LogP contribution >= 0.6 is 0 Å². The first-order valence-electron chi connectivity index (χ1n) is 8.54. The van der Waals surface area contributed by atoms with E-state index in [9.17, 15) is 5.11 Å². The Morgan fingerprint density at radius 2 is 1.92 bits per heavy atom. The molecule has 0 aromatic heterocycles. The molecule has 0 amide bonds. The second kappa shape index (κ2) is 6.52. The Hall–Kier alpha value is -0.760. The lowest BCUT2D eigenvalue weighted by molar-refractivity contribution is -0.215. The normalized spacial score (nSPS) is 40.0. The smallest absolute Gasteiger partial charge is 0.191 e. The topological polar surface area (TPSA) is 66.4 Å². The van der Waals surface area contributed by atoms with Gasteiger partial charge in [-0.2, -0.15) is 0 Å². The van der Waals surface area contributed by atoms with Crippen LogP contribution in [0, 0.1) is 0 Å². The van der Waals surface area contributed by atoms with Gasteiger partial charge >= 0.3 is 0 Å². The fourth-order valence-electron chi connectivity index (χ4n) is 3.39. The molecule has 6 heteroatoms. The Balaban J connectivity index is 1.80.